The molecule has 10 nitrogen and oxygen atoms in total. The Hall–Kier alpha value is -4.61. The molecular weight excluding hydrogens is 641 g/mol. The van der Waals surface area contributed by atoms with Gasteiger partial charge in [0, 0.05) is 34.6 Å². The van der Waals surface area contributed by atoms with Crippen LogP contribution in [0.15, 0.2) is 79.0 Å². The zero-order valence-electron chi connectivity index (χ0n) is 30.0. The van der Waals surface area contributed by atoms with Crippen LogP contribution in [0.25, 0.3) is 10.9 Å². The van der Waals surface area contributed by atoms with Crippen molar-refractivity contribution in [2.24, 2.45) is 23.2 Å². The van der Waals surface area contributed by atoms with Crippen LogP contribution >= 0.6 is 0 Å². The average molecular weight is 690 g/mol. The third kappa shape index (κ3) is 6.77. The quantitative estimate of drug-likeness (QED) is 0.0944. The topological polar surface area (TPSA) is 148 Å². The smallest absolute Gasteiger partial charge is 0.404 e. The van der Waals surface area contributed by atoms with Gasteiger partial charge in [0.1, 0.15) is 6.04 Å². The highest BCUT2D eigenvalue weighted by molar-refractivity contribution is 6.48. The molecule has 1 aliphatic heterocycles. The van der Waals surface area contributed by atoms with Gasteiger partial charge in [-0.15, -0.1) is 0 Å². The molecule has 2 bridgehead atoms. The molecule has 4 aliphatic rings. The van der Waals surface area contributed by atoms with Gasteiger partial charge in [-0.05, 0) is 91.3 Å². The van der Waals surface area contributed by atoms with Gasteiger partial charge >= 0.3 is 7.12 Å². The summed E-state index contributed by atoms with van der Waals surface area (Å²) in [6.07, 6.45) is 4.83. The molecule has 2 heterocycles. The first-order chi connectivity index (χ1) is 24.3. The molecule has 4 aromatic rings. The summed E-state index contributed by atoms with van der Waals surface area (Å²) in [4.78, 5) is 44.7. The Morgan fingerprint density at radius 3 is 2.43 bits per heavy atom. The summed E-state index contributed by atoms with van der Waals surface area (Å²) in [6.45, 7) is 11.0. The van der Waals surface area contributed by atoms with Gasteiger partial charge in [-0.3, -0.25) is 14.4 Å². The summed E-state index contributed by atoms with van der Waals surface area (Å²) in [5.41, 5.74) is 9.12. The van der Waals surface area contributed by atoms with Crippen LogP contribution < -0.4 is 21.7 Å². The van der Waals surface area contributed by atoms with Crippen molar-refractivity contribution in [3.05, 3.63) is 95.7 Å². The summed E-state index contributed by atoms with van der Waals surface area (Å²) in [5, 5.41) is 10.0. The van der Waals surface area contributed by atoms with E-state index in [0.717, 1.165) is 29.3 Å². The van der Waals surface area contributed by atoms with Gasteiger partial charge in [0.05, 0.1) is 29.0 Å². The highest BCUT2D eigenvalue weighted by Gasteiger charge is 2.67. The number of hydrogen-bond acceptors (Lipinski definition) is 6. The lowest BCUT2D eigenvalue weighted by Crippen LogP contribution is -2.63. The molecule has 4 fully saturated rings. The van der Waals surface area contributed by atoms with Crippen molar-refractivity contribution in [2.75, 3.05) is 11.1 Å². The molecule has 3 saturated carbocycles. The summed E-state index contributed by atoms with van der Waals surface area (Å²) in [5.74, 6) is -0.356. The van der Waals surface area contributed by atoms with E-state index in [9.17, 15) is 14.4 Å². The van der Waals surface area contributed by atoms with Gasteiger partial charge in [0.25, 0.3) is 11.8 Å². The summed E-state index contributed by atoms with van der Waals surface area (Å²) < 4.78 is 13.4. The van der Waals surface area contributed by atoms with Gasteiger partial charge < -0.3 is 36.0 Å². The number of aromatic nitrogens is 1. The fourth-order valence-corrected chi connectivity index (χ4v) is 8.52. The van der Waals surface area contributed by atoms with E-state index >= 15 is 0 Å². The zero-order valence-corrected chi connectivity index (χ0v) is 30.0. The number of anilines is 2. The number of amides is 3. The Kier molecular flexibility index (Phi) is 9.22. The summed E-state index contributed by atoms with van der Waals surface area (Å²) in [7, 11) is -0.597. The van der Waals surface area contributed by atoms with Crippen molar-refractivity contribution in [1.82, 2.24) is 15.6 Å². The summed E-state index contributed by atoms with van der Waals surface area (Å²) in [6, 6.07) is 20.3. The molecule has 6 atom stereocenters. The van der Waals surface area contributed by atoms with Crippen molar-refractivity contribution in [3.63, 3.8) is 0 Å². The van der Waals surface area contributed by atoms with Crippen LogP contribution in [0.1, 0.15) is 80.2 Å². The molecule has 1 aromatic heterocycles. The number of rotatable bonds is 11. The largest absolute Gasteiger partial charge is 0.481 e. The zero-order chi connectivity index (χ0) is 36.1. The minimum atomic E-state index is -0.931. The van der Waals surface area contributed by atoms with Crippen molar-refractivity contribution in [2.45, 2.75) is 84.0 Å². The standard InChI is InChI=1S/C40H48BN5O5/c1-23(2)17-34(41-50-35-29-20-27(39(29,3)4)21-40(35,5)51-41)46-38(49)33(19-26-22-43-31-15-8-6-13-28(26)31)45-37(48)25-12-10-11-24(18-25)36(47)44-32-16-9-7-14-30(32)42/h6-16,18,22-23,27,29,33-35,43H,17,19-21,42H2,1-5H3,(H,44,47)(H,45,48)(H,46,49)/t27-,29+,33+,34+,35-,40+/m1/s1. The maximum atomic E-state index is 14.4. The first-order valence-corrected chi connectivity index (χ1v) is 18.1. The van der Waals surface area contributed by atoms with Crippen LogP contribution in [0, 0.1) is 23.2 Å². The van der Waals surface area contributed by atoms with Crippen LogP contribution in [0.3, 0.4) is 0 Å². The third-order valence-corrected chi connectivity index (χ3v) is 11.5. The predicted molar refractivity (Wildman–Crippen MR) is 200 cm³/mol. The van der Waals surface area contributed by atoms with Crippen molar-refractivity contribution in [3.8, 4) is 0 Å². The van der Waals surface area contributed by atoms with Gasteiger partial charge in [-0.2, -0.15) is 0 Å². The molecule has 51 heavy (non-hydrogen) atoms. The Balaban J connectivity index is 1.12. The Morgan fingerprint density at radius 2 is 1.69 bits per heavy atom. The fraction of sp³-hybridized carbons (Fsp3) is 0.425. The normalized spacial score (nSPS) is 24.4. The van der Waals surface area contributed by atoms with E-state index in [1.54, 1.807) is 42.5 Å². The highest BCUT2D eigenvalue weighted by atomic mass is 16.7. The minimum Gasteiger partial charge on any atom is -0.404 e. The van der Waals surface area contributed by atoms with E-state index in [0.29, 0.717) is 29.6 Å². The van der Waals surface area contributed by atoms with Gasteiger partial charge in [-0.1, -0.05) is 64.1 Å². The molecular formula is C40H48BN5O5. The second-order valence-electron chi connectivity index (χ2n) is 15.9. The molecule has 3 aromatic carbocycles. The first kappa shape index (κ1) is 34.8. The maximum Gasteiger partial charge on any atom is 0.481 e. The summed E-state index contributed by atoms with van der Waals surface area (Å²) >= 11 is 0. The molecule has 8 rings (SSSR count). The van der Waals surface area contributed by atoms with Gasteiger partial charge in [-0.25, -0.2) is 0 Å². The van der Waals surface area contributed by atoms with E-state index in [-0.39, 0.29) is 40.9 Å². The first-order valence-electron chi connectivity index (χ1n) is 18.1. The van der Waals surface area contributed by atoms with Crippen LogP contribution in [-0.2, 0) is 20.5 Å². The number of nitrogen functional groups attached to an aromatic ring is 1. The lowest BCUT2D eigenvalue weighted by atomic mass is 9.45. The Morgan fingerprint density at radius 1 is 0.961 bits per heavy atom. The second-order valence-corrected chi connectivity index (χ2v) is 15.9. The third-order valence-electron chi connectivity index (χ3n) is 11.5. The monoisotopic (exact) mass is 689 g/mol. The number of carbonyl (C=O) groups excluding carboxylic acids is 3. The van der Waals surface area contributed by atoms with E-state index < -0.39 is 36.5 Å². The number of nitrogens with two attached hydrogens (primary N) is 1. The molecule has 0 spiro atoms. The fourth-order valence-electron chi connectivity index (χ4n) is 8.52. The van der Waals surface area contributed by atoms with E-state index in [4.69, 9.17) is 15.0 Å². The minimum absolute atomic E-state index is 0.0291. The van der Waals surface area contributed by atoms with Crippen molar-refractivity contribution >= 4 is 47.1 Å². The molecule has 1 saturated heterocycles. The average Bonchev–Trinajstić information content (AvgIpc) is 3.69. The highest BCUT2D eigenvalue weighted by Crippen LogP contribution is 2.64. The Labute approximate surface area is 299 Å². The molecule has 0 radical (unpaired) electrons. The van der Waals surface area contributed by atoms with Crippen molar-refractivity contribution in [1.29, 1.82) is 0 Å². The van der Waals surface area contributed by atoms with E-state index in [1.165, 1.54) is 6.07 Å². The number of benzene rings is 3. The van der Waals surface area contributed by atoms with Crippen LogP contribution in [0.4, 0.5) is 11.4 Å². The number of para-hydroxylation sites is 3. The molecule has 3 aliphatic carbocycles. The number of aromatic amines is 1. The number of hydrogen-bond donors (Lipinski definition) is 5. The van der Waals surface area contributed by atoms with Crippen LogP contribution in [-0.4, -0.2) is 53.5 Å². The molecule has 0 unspecified atom stereocenters. The number of H-pyrrole nitrogens is 1. The van der Waals surface area contributed by atoms with Crippen molar-refractivity contribution < 1.29 is 23.7 Å². The van der Waals surface area contributed by atoms with Crippen LogP contribution in [0.2, 0.25) is 0 Å². The predicted octanol–water partition coefficient (Wildman–Crippen LogP) is 6.14. The van der Waals surface area contributed by atoms with Gasteiger partial charge in [0.15, 0.2) is 0 Å². The lowest BCUT2D eigenvalue weighted by molar-refractivity contribution is -0.185. The van der Waals surface area contributed by atoms with Gasteiger partial charge in [0.2, 0.25) is 5.91 Å². The Bertz CT molecular complexity index is 1960. The number of fused-ring (bicyclic) bond motifs is 1. The van der Waals surface area contributed by atoms with Crippen LogP contribution in [0.5, 0.6) is 0 Å². The number of nitrogens with one attached hydrogen (secondary N) is 4. The molecule has 266 valence electrons. The maximum absolute atomic E-state index is 14.4. The molecule has 3 amide bonds. The molecule has 6 N–H and O–H groups in total. The molecule has 11 heteroatoms. The number of carbonyl (C=O) groups is 3. The van der Waals surface area contributed by atoms with E-state index in [1.807, 2.05) is 30.5 Å². The second kappa shape index (κ2) is 13.5. The van der Waals surface area contributed by atoms with E-state index in [2.05, 4.69) is 55.6 Å². The SMILES string of the molecule is CC(C)C[C@H](NC(=O)[C@H](Cc1c[nH]c2ccccc12)NC(=O)c1cccc(C(=O)Nc2ccccc2N)c1)B1O[C@@H]2[C@@H]3C[C@H](C[C@]2(C)O1)C3(C)C. The lowest BCUT2D eigenvalue weighted by Gasteiger charge is -2.63.